The van der Waals surface area contributed by atoms with Gasteiger partial charge >= 0.3 is 6.03 Å². The maximum Gasteiger partial charge on any atom is 0.337 e. The molecule has 9 nitrogen and oxygen atoms in total. The number of aromatic amines is 1. The van der Waals surface area contributed by atoms with Crippen LogP contribution in [0.25, 0.3) is 16.7 Å². The number of benzene rings is 1. The number of hydrogen-bond acceptors (Lipinski definition) is 6. The van der Waals surface area contributed by atoms with Gasteiger partial charge in [-0.15, -0.1) is 12.4 Å². The largest absolute Gasteiger partial charge is 0.489 e. The fourth-order valence-electron chi connectivity index (χ4n) is 4.69. The molecule has 5 rings (SSSR count). The number of ether oxygens (including phenoxy) is 1. The third-order valence-electron chi connectivity index (χ3n) is 6.53. The Balaban J connectivity index is 0.00000274. The zero-order chi connectivity index (χ0) is 22.6. The van der Waals surface area contributed by atoms with E-state index in [9.17, 15) is 9.18 Å². The van der Waals surface area contributed by atoms with Crippen molar-refractivity contribution >= 4 is 35.2 Å². The van der Waals surface area contributed by atoms with E-state index in [1.807, 2.05) is 11.0 Å². The average molecular weight is 494 g/mol. The maximum atomic E-state index is 14.6. The van der Waals surface area contributed by atoms with Crippen LogP contribution in [0.5, 0.6) is 5.75 Å². The Labute approximate surface area is 205 Å². The van der Waals surface area contributed by atoms with Gasteiger partial charge in [0, 0.05) is 38.3 Å². The summed E-state index contributed by atoms with van der Waals surface area (Å²) in [7, 11) is 0. The SMILES string of the molecule is Cl.O=C(NN1NCC=C1c1nc2cc(OCCN3CCCCC3)c(F)cc2[nH]1)N1CCCCC1. The van der Waals surface area contributed by atoms with Crippen LogP contribution in [0.4, 0.5) is 9.18 Å². The van der Waals surface area contributed by atoms with Crippen molar-refractivity contribution in [1.82, 2.24) is 35.7 Å². The van der Waals surface area contributed by atoms with Gasteiger partial charge in [-0.3, -0.25) is 4.90 Å². The second kappa shape index (κ2) is 11.2. The normalized spacial score (nSPS) is 19.1. The Bertz CT molecular complexity index is 1020. The molecule has 4 heterocycles. The van der Waals surface area contributed by atoms with E-state index in [-0.39, 0.29) is 24.2 Å². The number of urea groups is 1. The molecular formula is C23H33ClFN7O2. The Morgan fingerprint density at radius 1 is 1.09 bits per heavy atom. The minimum atomic E-state index is -0.412. The van der Waals surface area contributed by atoms with Gasteiger partial charge in [-0.25, -0.2) is 30.1 Å². The van der Waals surface area contributed by atoms with Crippen LogP contribution in [0.1, 0.15) is 44.3 Å². The Kier molecular flexibility index (Phi) is 8.12. The number of likely N-dealkylation sites (tertiary alicyclic amines) is 2. The molecule has 2 aromatic rings. The third-order valence-corrected chi connectivity index (χ3v) is 6.53. The molecule has 34 heavy (non-hydrogen) atoms. The number of rotatable bonds is 6. The number of nitrogens with one attached hydrogen (secondary N) is 3. The number of imidazole rings is 1. The van der Waals surface area contributed by atoms with Gasteiger partial charge in [0.15, 0.2) is 17.4 Å². The lowest BCUT2D eigenvalue weighted by atomic mass is 10.1. The first-order valence-corrected chi connectivity index (χ1v) is 12.0. The summed E-state index contributed by atoms with van der Waals surface area (Å²) >= 11 is 0. The first-order valence-electron chi connectivity index (χ1n) is 12.0. The molecule has 11 heteroatoms. The van der Waals surface area contributed by atoms with Crippen molar-refractivity contribution in [2.45, 2.75) is 38.5 Å². The number of piperidine rings is 2. The number of amides is 2. The predicted molar refractivity (Wildman–Crippen MR) is 131 cm³/mol. The van der Waals surface area contributed by atoms with E-state index in [0.29, 0.717) is 35.7 Å². The Morgan fingerprint density at radius 3 is 2.59 bits per heavy atom. The fourth-order valence-corrected chi connectivity index (χ4v) is 4.69. The van der Waals surface area contributed by atoms with Gasteiger partial charge in [0.1, 0.15) is 12.3 Å². The van der Waals surface area contributed by atoms with Crippen LogP contribution in [-0.4, -0.2) is 76.8 Å². The summed E-state index contributed by atoms with van der Waals surface area (Å²) in [4.78, 5) is 24.6. The van der Waals surface area contributed by atoms with Crippen LogP contribution in [0.3, 0.4) is 0 Å². The van der Waals surface area contributed by atoms with Crippen molar-refractivity contribution in [3.8, 4) is 5.75 Å². The number of aromatic nitrogens is 2. The number of fused-ring (bicyclic) bond motifs is 1. The topological polar surface area (TPSA) is 88.8 Å². The number of hydrazine groups is 2. The van der Waals surface area contributed by atoms with Crippen molar-refractivity contribution in [2.75, 3.05) is 45.9 Å². The molecule has 2 saturated heterocycles. The van der Waals surface area contributed by atoms with Crippen LogP contribution in [0.2, 0.25) is 0 Å². The van der Waals surface area contributed by atoms with Crippen LogP contribution < -0.4 is 15.6 Å². The van der Waals surface area contributed by atoms with Crippen LogP contribution in [0, 0.1) is 5.82 Å². The summed E-state index contributed by atoms with van der Waals surface area (Å²) < 4.78 is 20.4. The molecule has 3 aliphatic rings. The number of H-pyrrole nitrogens is 1. The number of carbonyl (C=O) groups is 1. The summed E-state index contributed by atoms with van der Waals surface area (Å²) in [6.07, 6.45) is 8.88. The van der Waals surface area contributed by atoms with Gasteiger partial charge in [0.2, 0.25) is 0 Å². The van der Waals surface area contributed by atoms with Crippen LogP contribution in [0.15, 0.2) is 18.2 Å². The van der Waals surface area contributed by atoms with Gasteiger partial charge in [0.05, 0.1) is 11.0 Å². The monoisotopic (exact) mass is 493 g/mol. The quantitative estimate of drug-likeness (QED) is 0.572. The van der Waals surface area contributed by atoms with E-state index in [1.165, 1.54) is 25.3 Å². The highest BCUT2D eigenvalue weighted by atomic mass is 35.5. The van der Waals surface area contributed by atoms with Crippen molar-refractivity contribution < 1.29 is 13.9 Å². The Hall–Kier alpha value is -2.56. The minimum Gasteiger partial charge on any atom is -0.489 e. The molecule has 3 N–H and O–H groups in total. The van der Waals surface area contributed by atoms with Gasteiger partial charge in [-0.2, -0.15) is 0 Å². The van der Waals surface area contributed by atoms with E-state index in [1.54, 1.807) is 11.2 Å². The average Bonchev–Trinajstić information content (AvgIpc) is 3.46. The lowest BCUT2D eigenvalue weighted by Gasteiger charge is -2.30. The van der Waals surface area contributed by atoms with E-state index < -0.39 is 5.82 Å². The number of hydrogen-bond donors (Lipinski definition) is 3. The zero-order valence-corrected chi connectivity index (χ0v) is 20.1. The van der Waals surface area contributed by atoms with Gasteiger partial charge < -0.3 is 14.6 Å². The first-order chi connectivity index (χ1) is 16.2. The first kappa shape index (κ1) is 24.6. The van der Waals surface area contributed by atoms with E-state index in [4.69, 9.17) is 4.74 Å². The predicted octanol–water partition coefficient (Wildman–Crippen LogP) is 3.26. The molecule has 2 amide bonds. The highest BCUT2D eigenvalue weighted by molar-refractivity contribution is 5.85. The van der Waals surface area contributed by atoms with Gasteiger partial charge in [0.25, 0.3) is 0 Å². The van der Waals surface area contributed by atoms with Crippen molar-refractivity contribution in [1.29, 1.82) is 0 Å². The van der Waals surface area contributed by atoms with E-state index >= 15 is 0 Å². The van der Waals surface area contributed by atoms with Crippen molar-refractivity contribution in [3.63, 3.8) is 0 Å². The molecule has 1 aromatic heterocycles. The third kappa shape index (κ3) is 5.56. The number of carbonyl (C=O) groups excluding carboxylic acids is 1. The maximum absolute atomic E-state index is 14.6. The van der Waals surface area contributed by atoms with Crippen molar-refractivity contribution in [2.24, 2.45) is 0 Å². The molecule has 1 aromatic carbocycles. The Morgan fingerprint density at radius 2 is 1.82 bits per heavy atom. The van der Waals surface area contributed by atoms with E-state index in [2.05, 4.69) is 25.7 Å². The summed E-state index contributed by atoms with van der Waals surface area (Å²) in [5, 5.41) is 1.58. The molecule has 0 spiro atoms. The van der Waals surface area contributed by atoms with Gasteiger partial charge in [-0.05, 0) is 51.3 Å². The highest BCUT2D eigenvalue weighted by Gasteiger charge is 2.25. The van der Waals surface area contributed by atoms with Crippen molar-refractivity contribution in [3.05, 3.63) is 29.9 Å². The standard InChI is InChI=1S/C23H32FN7O2.ClH/c24-17-15-18-19(16-21(17)33-14-13-29-9-3-1-4-10-29)27-22(26-18)20-7-8-25-31(20)28-23(32)30-11-5-2-6-12-30;/h7,15-16,25H,1-6,8-14H2,(H,26,27)(H,28,32);1H. The number of nitrogens with zero attached hydrogens (tertiary/aromatic N) is 4. The molecule has 0 atom stereocenters. The zero-order valence-electron chi connectivity index (χ0n) is 19.3. The number of halogens is 2. The fraction of sp³-hybridized carbons (Fsp3) is 0.565. The lowest BCUT2D eigenvalue weighted by molar-refractivity contribution is 0.150. The summed E-state index contributed by atoms with van der Waals surface area (Å²) in [5.41, 5.74) is 7.92. The lowest BCUT2D eigenvalue weighted by Crippen LogP contribution is -2.52. The molecule has 0 aliphatic carbocycles. The molecule has 3 aliphatic heterocycles. The second-order valence-electron chi connectivity index (χ2n) is 8.89. The molecule has 2 fully saturated rings. The summed E-state index contributed by atoms with van der Waals surface area (Å²) in [6, 6.07) is 2.92. The summed E-state index contributed by atoms with van der Waals surface area (Å²) in [5.74, 6) is 0.357. The molecular weight excluding hydrogens is 461 g/mol. The molecule has 0 saturated carbocycles. The highest BCUT2D eigenvalue weighted by Crippen LogP contribution is 2.26. The van der Waals surface area contributed by atoms with Crippen LogP contribution in [-0.2, 0) is 0 Å². The molecule has 0 radical (unpaired) electrons. The smallest absolute Gasteiger partial charge is 0.337 e. The summed E-state index contributed by atoms with van der Waals surface area (Å²) in [6.45, 7) is 5.51. The van der Waals surface area contributed by atoms with Gasteiger partial charge in [-0.1, -0.05) is 6.42 Å². The molecule has 0 unspecified atom stereocenters. The van der Waals surface area contributed by atoms with E-state index in [0.717, 1.165) is 52.0 Å². The van der Waals surface area contributed by atoms with Crippen LogP contribution >= 0.6 is 12.4 Å². The molecule has 186 valence electrons. The second-order valence-corrected chi connectivity index (χ2v) is 8.89. The minimum absolute atomic E-state index is 0. The molecule has 0 bridgehead atoms.